The van der Waals surface area contributed by atoms with E-state index in [2.05, 4.69) is 5.48 Å². The van der Waals surface area contributed by atoms with Crippen molar-refractivity contribution < 1.29 is 19.2 Å². The van der Waals surface area contributed by atoms with Gasteiger partial charge in [0.25, 0.3) is 5.91 Å². The third kappa shape index (κ3) is 4.61. The first-order valence-corrected chi connectivity index (χ1v) is 7.46. The first kappa shape index (κ1) is 16.6. The number of hydrogen-bond acceptors (Lipinski definition) is 4. The third-order valence-electron chi connectivity index (χ3n) is 3.41. The molecule has 2 rings (SSSR count). The summed E-state index contributed by atoms with van der Waals surface area (Å²) in [6.07, 6.45) is -0.186. The predicted octanol–water partition coefficient (Wildman–Crippen LogP) is 1.78. The van der Waals surface area contributed by atoms with Crippen LogP contribution in [0, 0.1) is 0 Å². The van der Waals surface area contributed by atoms with E-state index in [0.29, 0.717) is 30.3 Å². The topological polar surface area (TPSA) is 67.9 Å². The summed E-state index contributed by atoms with van der Waals surface area (Å²) in [6, 6.07) is 6.75. The lowest BCUT2D eigenvalue weighted by Gasteiger charge is -2.17. The molecule has 0 aromatic heterocycles. The van der Waals surface area contributed by atoms with E-state index in [1.165, 1.54) is 6.92 Å². The zero-order chi connectivity index (χ0) is 16.1. The SMILES string of the molecule is CC(=O)N1CCC(ONC(=O)C(C)Oc2ccc(Cl)cc2)C1. The maximum absolute atomic E-state index is 11.9. The number of carbonyl (C=O) groups is 2. The molecule has 1 aliphatic heterocycles. The number of amides is 2. The Labute approximate surface area is 134 Å². The molecule has 2 atom stereocenters. The van der Waals surface area contributed by atoms with Crippen molar-refractivity contribution in [2.75, 3.05) is 13.1 Å². The summed E-state index contributed by atoms with van der Waals surface area (Å²) in [5, 5.41) is 0.601. The largest absolute Gasteiger partial charge is 0.481 e. The van der Waals surface area contributed by atoms with Crippen molar-refractivity contribution in [3.8, 4) is 5.75 Å². The van der Waals surface area contributed by atoms with Gasteiger partial charge in [-0.3, -0.25) is 14.4 Å². The van der Waals surface area contributed by atoms with E-state index < -0.39 is 6.10 Å². The standard InChI is InChI=1S/C15H19ClN2O4/c1-10(21-13-5-3-12(16)4-6-13)15(20)17-22-14-7-8-18(9-14)11(2)19/h3-6,10,14H,7-9H2,1-2H3,(H,17,20). The lowest BCUT2D eigenvalue weighted by atomic mass is 10.3. The van der Waals surface area contributed by atoms with Gasteiger partial charge in [0, 0.05) is 25.0 Å². The highest BCUT2D eigenvalue weighted by molar-refractivity contribution is 6.30. The van der Waals surface area contributed by atoms with Gasteiger partial charge in [0.2, 0.25) is 5.91 Å². The minimum Gasteiger partial charge on any atom is -0.481 e. The van der Waals surface area contributed by atoms with E-state index in [-0.39, 0.29) is 17.9 Å². The molecule has 1 aliphatic rings. The van der Waals surface area contributed by atoms with Crippen molar-refractivity contribution in [2.24, 2.45) is 0 Å². The second-order valence-electron chi connectivity index (χ2n) is 5.17. The average Bonchev–Trinajstić information content (AvgIpc) is 2.96. The van der Waals surface area contributed by atoms with Crippen molar-refractivity contribution in [1.82, 2.24) is 10.4 Å². The molecule has 1 fully saturated rings. The molecule has 1 N–H and O–H groups in total. The Morgan fingerprint density at radius 3 is 2.64 bits per heavy atom. The molecule has 1 heterocycles. The van der Waals surface area contributed by atoms with Crippen LogP contribution in [0.3, 0.4) is 0 Å². The molecule has 1 saturated heterocycles. The van der Waals surface area contributed by atoms with E-state index >= 15 is 0 Å². The molecule has 22 heavy (non-hydrogen) atoms. The Bertz CT molecular complexity index is 535. The molecule has 1 aromatic carbocycles. The second kappa shape index (κ2) is 7.47. The van der Waals surface area contributed by atoms with Crippen LogP contribution < -0.4 is 10.2 Å². The van der Waals surface area contributed by atoms with Crippen LogP contribution in [0.2, 0.25) is 5.02 Å². The number of hydroxylamine groups is 1. The zero-order valence-corrected chi connectivity index (χ0v) is 13.3. The maximum Gasteiger partial charge on any atom is 0.284 e. The number of benzene rings is 1. The van der Waals surface area contributed by atoms with Gasteiger partial charge >= 0.3 is 0 Å². The first-order chi connectivity index (χ1) is 10.5. The minimum absolute atomic E-state index is 0.0110. The number of likely N-dealkylation sites (tertiary alicyclic amines) is 1. The van der Waals surface area contributed by atoms with E-state index in [9.17, 15) is 9.59 Å². The summed E-state index contributed by atoms with van der Waals surface area (Å²) in [7, 11) is 0. The number of ether oxygens (including phenoxy) is 1. The Balaban J connectivity index is 1.75. The second-order valence-corrected chi connectivity index (χ2v) is 5.61. The van der Waals surface area contributed by atoms with Gasteiger partial charge in [0.1, 0.15) is 11.9 Å². The van der Waals surface area contributed by atoms with Gasteiger partial charge in [-0.05, 0) is 37.6 Å². The van der Waals surface area contributed by atoms with Crippen LogP contribution in [0.5, 0.6) is 5.75 Å². The maximum atomic E-state index is 11.9. The quantitative estimate of drug-likeness (QED) is 0.837. The van der Waals surface area contributed by atoms with Crippen LogP contribution in [-0.4, -0.2) is 42.0 Å². The fourth-order valence-electron chi connectivity index (χ4n) is 2.11. The van der Waals surface area contributed by atoms with Gasteiger partial charge in [0.05, 0.1) is 0 Å². The number of rotatable bonds is 5. The third-order valence-corrected chi connectivity index (χ3v) is 3.66. The molecule has 0 radical (unpaired) electrons. The van der Waals surface area contributed by atoms with Gasteiger partial charge in [0.15, 0.2) is 6.10 Å². The normalized spacial score (nSPS) is 18.9. The van der Waals surface area contributed by atoms with Crippen molar-refractivity contribution in [1.29, 1.82) is 0 Å². The molecule has 2 unspecified atom stereocenters. The molecule has 0 saturated carbocycles. The molecule has 7 heteroatoms. The fourth-order valence-corrected chi connectivity index (χ4v) is 2.23. The van der Waals surface area contributed by atoms with E-state index in [4.69, 9.17) is 21.2 Å². The summed E-state index contributed by atoms with van der Waals surface area (Å²) in [5.41, 5.74) is 2.39. The number of hydrogen-bond donors (Lipinski definition) is 1. The Kier molecular flexibility index (Phi) is 5.63. The Hall–Kier alpha value is -1.79. The molecular formula is C15H19ClN2O4. The van der Waals surface area contributed by atoms with E-state index in [1.54, 1.807) is 36.1 Å². The molecule has 0 spiro atoms. The number of nitrogens with one attached hydrogen (secondary N) is 1. The predicted molar refractivity (Wildman–Crippen MR) is 81.4 cm³/mol. The number of nitrogens with zero attached hydrogens (tertiary/aromatic N) is 1. The van der Waals surface area contributed by atoms with Crippen molar-refractivity contribution in [3.63, 3.8) is 0 Å². The average molecular weight is 327 g/mol. The Morgan fingerprint density at radius 1 is 1.36 bits per heavy atom. The van der Waals surface area contributed by atoms with Crippen LogP contribution in [0.25, 0.3) is 0 Å². The lowest BCUT2D eigenvalue weighted by Crippen LogP contribution is -2.39. The number of carbonyl (C=O) groups excluding carboxylic acids is 2. The van der Waals surface area contributed by atoms with Crippen molar-refractivity contribution in [2.45, 2.75) is 32.5 Å². The summed E-state index contributed by atoms with van der Waals surface area (Å²) >= 11 is 5.78. The highest BCUT2D eigenvalue weighted by Crippen LogP contribution is 2.17. The molecule has 1 aromatic rings. The smallest absolute Gasteiger partial charge is 0.284 e. The van der Waals surface area contributed by atoms with Crippen LogP contribution >= 0.6 is 11.6 Å². The summed E-state index contributed by atoms with van der Waals surface area (Å²) in [4.78, 5) is 30.2. The molecular weight excluding hydrogens is 308 g/mol. The van der Waals surface area contributed by atoms with E-state index in [1.807, 2.05) is 0 Å². The molecule has 0 aliphatic carbocycles. The molecule has 6 nitrogen and oxygen atoms in total. The minimum atomic E-state index is -0.702. The number of halogens is 1. The van der Waals surface area contributed by atoms with Gasteiger partial charge < -0.3 is 9.64 Å². The summed E-state index contributed by atoms with van der Waals surface area (Å²) < 4.78 is 5.49. The molecule has 0 bridgehead atoms. The van der Waals surface area contributed by atoms with E-state index in [0.717, 1.165) is 0 Å². The Morgan fingerprint density at radius 2 is 2.05 bits per heavy atom. The van der Waals surface area contributed by atoms with Crippen molar-refractivity contribution >= 4 is 23.4 Å². The highest BCUT2D eigenvalue weighted by Gasteiger charge is 2.26. The molecule has 120 valence electrons. The van der Waals surface area contributed by atoms with Gasteiger partial charge in [-0.2, -0.15) is 0 Å². The first-order valence-electron chi connectivity index (χ1n) is 7.09. The van der Waals surface area contributed by atoms with Crippen molar-refractivity contribution in [3.05, 3.63) is 29.3 Å². The summed E-state index contributed by atoms with van der Waals surface area (Å²) in [5.74, 6) is 0.184. The van der Waals surface area contributed by atoms with Crippen LogP contribution in [-0.2, 0) is 14.4 Å². The fraction of sp³-hybridized carbons (Fsp3) is 0.467. The summed E-state index contributed by atoms with van der Waals surface area (Å²) in [6.45, 7) is 4.28. The van der Waals surface area contributed by atoms with Crippen LogP contribution in [0.15, 0.2) is 24.3 Å². The van der Waals surface area contributed by atoms with Gasteiger partial charge in [-0.1, -0.05) is 11.6 Å². The highest BCUT2D eigenvalue weighted by atomic mass is 35.5. The lowest BCUT2D eigenvalue weighted by molar-refractivity contribution is -0.144. The van der Waals surface area contributed by atoms with Gasteiger partial charge in [-0.25, -0.2) is 5.48 Å². The van der Waals surface area contributed by atoms with Crippen LogP contribution in [0.1, 0.15) is 20.3 Å². The van der Waals surface area contributed by atoms with Crippen LogP contribution in [0.4, 0.5) is 0 Å². The monoisotopic (exact) mass is 326 g/mol. The van der Waals surface area contributed by atoms with Gasteiger partial charge in [-0.15, -0.1) is 0 Å². The zero-order valence-electron chi connectivity index (χ0n) is 12.5. The molecule has 2 amide bonds.